The zero-order chi connectivity index (χ0) is 58.3. The number of carbonyl (C=O) groups excluding carboxylic acids is 1. The average Bonchev–Trinajstić information content (AvgIpc) is 3.50. The normalized spacial score (nSPS) is 29.4. The second-order valence-electron chi connectivity index (χ2n) is 24.1. The number of nitrogens with one attached hydrogen (secondary N) is 1. The van der Waals surface area contributed by atoms with Gasteiger partial charge in [0, 0.05) is 12.8 Å². The highest BCUT2D eigenvalue weighted by atomic mass is 16.7. The fourth-order valence-electron chi connectivity index (χ4n) is 11.8. The first kappa shape index (κ1) is 73.1. The molecule has 0 aromatic heterocycles. The molecule has 18 heteroatoms. The lowest BCUT2D eigenvalue weighted by molar-refractivity contribution is -0.368. The van der Waals surface area contributed by atoms with E-state index in [2.05, 4.69) is 19.2 Å². The summed E-state index contributed by atoms with van der Waals surface area (Å²) in [4.78, 5) is 13.5. The summed E-state index contributed by atoms with van der Waals surface area (Å²) >= 11 is 0. The van der Waals surface area contributed by atoms with Crippen LogP contribution in [0.4, 0.5) is 0 Å². The van der Waals surface area contributed by atoms with E-state index in [1.807, 2.05) is 0 Å². The minimum Gasteiger partial charge on any atom is -0.394 e. The molecule has 0 radical (unpaired) electrons. The van der Waals surface area contributed by atoms with Gasteiger partial charge in [0.2, 0.25) is 5.91 Å². The zero-order valence-corrected chi connectivity index (χ0v) is 49.9. The Hall–Kier alpha value is -1.17. The van der Waals surface area contributed by atoms with Crippen LogP contribution in [0.25, 0.3) is 0 Å². The number of ether oxygens (including phenoxy) is 5. The SMILES string of the molecule is CCCCCCCCCCCCCCCCCCCCCCCCCC(=O)N[C@@H](C[C@@H]1O[C@H](CO)[C@@H](O[C@@H]2O[C@H](CO)[C@H](O)[C@H](O[C@H]3O[C@H](CO)C[C@H](O)[C@H]3O)[C@H]2O)[C@H](O)[C@H]1O)[C@H](O)[C@H](O)CCCCCCCCCCCCCC. The zero-order valence-electron chi connectivity index (χ0n) is 49.9. The number of aliphatic hydroxyl groups is 11. The smallest absolute Gasteiger partial charge is 0.220 e. The van der Waals surface area contributed by atoms with Crippen LogP contribution in [0.5, 0.6) is 0 Å². The van der Waals surface area contributed by atoms with Crippen molar-refractivity contribution in [1.82, 2.24) is 5.32 Å². The molecule has 18 nitrogen and oxygen atoms in total. The Balaban J connectivity index is 1.48. The van der Waals surface area contributed by atoms with E-state index in [-0.39, 0.29) is 31.6 Å². The second-order valence-corrected chi connectivity index (χ2v) is 24.1. The summed E-state index contributed by atoms with van der Waals surface area (Å²) < 4.78 is 29.0. The van der Waals surface area contributed by atoms with Crippen molar-refractivity contribution in [3.05, 3.63) is 0 Å². The van der Waals surface area contributed by atoms with Crippen molar-refractivity contribution in [1.29, 1.82) is 0 Å². The van der Waals surface area contributed by atoms with Gasteiger partial charge in [-0.2, -0.15) is 0 Å². The van der Waals surface area contributed by atoms with Gasteiger partial charge in [-0.1, -0.05) is 232 Å². The number of carbonyl (C=O) groups is 1. The van der Waals surface area contributed by atoms with Gasteiger partial charge in [-0.05, 0) is 19.3 Å². The lowest BCUT2D eigenvalue weighted by Crippen LogP contribution is -2.66. The molecule has 3 rings (SSSR count). The van der Waals surface area contributed by atoms with Gasteiger partial charge in [0.25, 0.3) is 0 Å². The van der Waals surface area contributed by atoms with Gasteiger partial charge in [-0.25, -0.2) is 0 Å². The summed E-state index contributed by atoms with van der Waals surface area (Å²) in [5.41, 5.74) is 0. The molecule has 3 saturated heterocycles. The van der Waals surface area contributed by atoms with E-state index in [0.29, 0.717) is 12.8 Å². The Morgan fingerprint density at radius 3 is 1.30 bits per heavy atom. The molecule has 17 atom stereocenters. The summed E-state index contributed by atoms with van der Waals surface area (Å²) in [6.07, 6.45) is 18.3. The molecule has 0 aromatic rings. The van der Waals surface area contributed by atoms with Gasteiger partial charge >= 0.3 is 0 Å². The molecule has 3 heterocycles. The third-order valence-electron chi connectivity index (χ3n) is 17.1. The van der Waals surface area contributed by atoms with Crippen LogP contribution < -0.4 is 5.32 Å². The maximum absolute atomic E-state index is 13.5. The summed E-state index contributed by atoms with van der Waals surface area (Å²) in [6, 6.07) is -1.11. The highest BCUT2D eigenvalue weighted by Crippen LogP contribution is 2.34. The summed E-state index contributed by atoms with van der Waals surface area (Å²) in [7, 11) is 0. The van der Waals surface area contributed by atoms with Crippen LogP contribution >= 0.6 is 0 Å². The fraction of sp³-hybridized carbons (Fsp3) is 0.984. The van der Waals surface area contributed by atoms with Crippen molar-refractivity contribution in [3.8, 4) is 0 Å². The van der Waals surface area contributed by atoms with Crippen LogP contribution in [0, 0.1) is 0 Å². The van der Waals surface area contributed by atoms with Gasteiger partial charge in [-0.3, -0.25) is 4.79 Å². The van der Waals surface area contributed by atoms with Crippen LogP contribution in [0.3, 0.4) is 0 Å². The third-order valence-corrected chi connectivity index (χ3v) is 17.1. The first-order chi connectivity index (χ1) is 38.8. The molecule has 0 aromatic carbocycles. The molecule has 0 aliphatic carbocycles. The minimum atomic E-state index is -1.91. The molecule has 12 N–H and O–H groups in total. The maximum Gasteiger partial charge on any atom is 0.220 e. The first-order valence-electron chi connectivity index (χ1n) is 32.6. The molecular formula is C62H119NO17. The molecule has 0 saturated carbocycles. The summed E-state index contributed by atoms with van der Waals surface area (Å²) in [5, 5.41) is 123. The Labute approximate surface area is 482 Å². The average molecular weight is 1150 g/mol. The van der Waals surface area contributed by atoms with Crippen LogP contribution in [-0.2, 0) is 28.5 Å². The monoisotopic (exact) mass is 1150 g/mol. The highest BCUT2D eigenvalue weighted by Gasteiger charge is 2.53. The van der Waals surface area contributed by atoms with Gasteiger partial charge in [0.05, 0.1) is 50.3 Å². The number of aliphatic hydroxyl groups excluding tert-OH is 11. The van der Waals surface area contributed by atoms with Crippen molar-refractivity contribution in [3.63, 3.8) is 0 Å². The van der Waals surface area contributed by atoms with E-state index < -0.39 is 124 Å². The van der Waals surface area contributed by atoms with Gasteiger partial charge in [0.1, 0.15) is 61.0 Å². The van der Waals surface area contributed by atoms with Crippen molar-refractivity contribution < 1.29 is 84.7 Å². The quantitative estimate of drug-likeness (QED) is 0.0261. The van der Waals surface area contributed by atoms with Crippen molar-refractivity contribution in [2.75, 3.05) is 19.8 Å². The van der Waals surface area contributed by atoms with Crippen LogP contribution in [0.2, 0.25) is 0 Å². The summed E-state index contributed by atoms with van der Waals surface area (Å²) in [6.45, 7) is 2.39. The number of rotatable bonds is 49. The summed E-state index contributed by atoms with van der Waals surface area (Å²) in [5.74, 6) is -0.339. The third kappa shape index (κ3) is 28.8. The largest absolute Gasteiger partial charge is 0.394 e. The fourth-order valence-corrected chi connectivity index (χ4v) is 11.8. The molecule has 3 aliphatic rings. The number of amides is 1. The van der Waals surface area contributed by atoms with E-state index in [4.69, 9.17) is 23.7 Å². The molecule has 3 fully saturated rings. The van der Waals surface area contributed by atoms with Gasteiger partial charge < -0.3 is 85.2 Å². The number of unbranched alkanes of at least 4 members (excludes halogenated alkanes) is 33. The van der Waals surface area contributed by atoms with Crippen LogP contribution in [-0.4, -0.2) is 186 Å². The Kier molecular flexibility index (Phi) is 41.3. The van der Waals surface area contributed by atoms with Gasteiger partial charge in [0.15, 0.2) is 12.6 Å². The van der Waals surface area contributed by atoms with E-state index in [0.717, 1.165) is 44.9 Å². The Morgan fingerprint density at radius 1 is 0.450 bits per heavy atom. The maximum atomic E-state index is 13.5. The molecule has 0 bridgehead atoms. The molecular weight excluding hydrogens is 1030 g/mol. The molecule has 3 aliphatic heterocycles. The highest BCUT2D eigenvalue weighted by molar-refractivity contribution is 5.76. The van der Waals surface area contributed by atoms with E-state index in [9.17, 15) is 61.0 Å². The lowest BCUT2D eigenvalue weighted by Gasteiger charge is -2.48. The first-order valence-corrected chi connectivity index (χ1v) is 32.6. The topological polar surface area (TPSA) is 298 Å². The minimum absolute atomic E-state index is 0.112. The molecule has 0 spiro atoms. The van der Waals surface area contributed by atoms with Crippen molar-refractivity contribution in [2.24, 2.45) is 0 Å². The molecule has 0 unspecified atom stereocenters. The van der Waals surface area contributed by atoms with E-state index in [1.54, 1.807) is 0 Å². The van der Waals surface area contributed by atoms with Gasteiger partial charge in [-0.15, -0.1) is 0 Å². The molecule has 80 heavy (non-hydrogen) atoms. The Bertz CT molecular complexity index is 1470. The standard InChI is InChI=1S/C62H119NO17/c1-3-5-7-9-11-13-15-17-18-19-20-21-22-23-24-25-26-27-29-31-33-35-37-39-52(69)63-46(53(70)47(67)38-36-34-32-30-28-16-14-12-10-8-6-4-2)41-49-55(72)57(74)59(51(44-66)77-49)79-62-58(75)60(56(73)50(43-65)78-62)80-61-54(71)48(68)40-45(42-64)76-61/h45-51,53-62,64-68,70-75H,3-44H2,1-2H3,(H,63,69)/t45-,46-,47+,48-,49-,50+,51+,53-,54+,55-,56-,57+,58+,59+,60-,61+,62-/m0/s1. The van der Waals surface area contributed by atoms with Crippen molar-refractivity contribution in [2.45, 2.75) is 368 Å². The number of hydrogen-bond donors (Lipinski definition) is 12. The van der Waals surface area contributed by atoms with E-state index in [1.165, 1.54) is 167 Å². The van der Waals surface area contributed by atoms with Crippen molar-refractivity contribution >= 4 is 5.91 Å². The number of hydrogen-bond acceptors (Lipinski definition) is 17. The predicted molar refractivity (Wildman–Crippen MR) is 308 cm³/mol. The predicted octanol–water partition coefficient (Wildman–Crippen LogP) is 7.58. The second kappa shape index (κ2) is 45.2. The van der Waals surface area contributed by atoms with Crippen LogP contribution in [0.15, 0.2) is 0 Å². The Morgan fingerprint density at radius 2 is 0.863 bits per heavy atom. The van der Waals surface area contributed by atoms with Crippen LogP contribution in [0.1, 0.15) is 264 Å². The molecule has 1 amide bonds. The van der Waals surface area contributed by atoms with E-state index >= 15 is 0 Å². The lowest BCUT2D eigenvalue weighted by atomic mass is 9.88. The molecule has 474 valence electrons.